The first-order valence-corrected chi connectivity index (χ1v) is 12.2. The molecule has 1 fully saturated rings. The number of nitrogens with zero attached hydrogens (tertiary/aromatic N) is 1. The molecule has 1 aliphatic heterocycles. The number of H-pyrrole nitrogens is 1. The van der Waals surface area contributed by atoms with Crippen LogP contribution in [0.25, 0.3) is 0 Å². The van der Waals surface area contributed by atoms with Crippen molar-refractivity contribution in [2.75, 3.05) is 0 Å². The van der Waals surface area contributed by atoms with Gasteiger partial charge in [0.1, 0.15) is 18.3 Å². The molecule has 20 heteroatoms. The fraction of sp³-hybridized carbons (Fsp3) is 0.600. The van der Waals surface area contributed by atoms with Gasteiger partial charge in [-0.15, -0.1) is 0 Å². The lowest BCUT2D eigenvalue weighted by Crippen LogP contribution is -2.39. The maximum Gasteiger partial charge on any atom is 0.490 e. The second-order valence-corrected chi connectivity index (χ2v) is 10.3. The molecular formula is C10H17N2O15P3. The molecule has 0 amide bonds. The van der Waals surface area contributed by atoms with Gasteiger partial charge in [-0.25, -0.2) is 18.5 Å². The number of aromatic nitrogens is 2. The van der Waals surface area contributed by atoms with Crippen molar-refractivity contribution < 1.29 is 61.4 Å². The van der Waals surface area contributed by atoms with Crippen LogP contribution in [0, 0.1) is 0 Å². The lowest BCUT2D eigenvalue weighted by molar-refractivity contribution is -0.0782. The molecule has 172 valence electrons. The Bertz CT molecular complexity index is 1030. The molecule has 0 radical (unpaired) electrons. The highest BCUT2D eigenvalue weighted by Crippen LogP contribution is 2.66. The molecule has 0 spiro atoms. The van der Waals surface area contributed by atoms with Crippen molar-refractivity contribution in [3.05, 3.63) is 33.1 Å². The summed E-state index contributed by atoms with van der Waals surface area (Å²) >= 11 is 0. The van der Waals surface area contributed by atoms with Crippen LogP contribution in [-0.4, -0.2) is 63.8 Å². The number of hydrogen-bond acceptors (Lipinski definition) is 11. The van der Waals surface area contributed by atoms with Crippen LogP contribution in [0.1, 0.15) is 13.2 Å². The van der Waals surface area contributed by atoms with E-state index in [0.29, 0.717) is 4.57 Å². The van der Waals surface area contributed by atoms with E-state index in [1.807, 2.05) is 4.98 Å². The quantitative estimate of drug-likeness (QED) is 0.189. The molecule has 17 nitrogen and oxygen atoms in total. The summed E-state index contributed by atoms with van der Waals surface area (Å²) in [7, 11) is -16.9. The van der Waals surface area contributed by atoms with Crippen molar-refractivity contribution >= 4 is 23.5 Å². The molecule has 0 saturated carbocycles. The standard InChI is InChI=1S/C10H17N2O15P3/c1-4(25-29(20,21)27-30(22,23)26-28(17,18)19)8-6(14)7(15)9(24-8)12-3-2-5(13)11-10(12)16/h2-4,6-9,14-15H,1H3,(H,20,21)(H,22,23)(H,11,13,16)(H2,17,18,19)/t4?,6-,7+,8+,9+/m0/s1. The maximum atomic E-state index is 11.9. The summed E-state index contributed by atoms with van der Waals surface area (Å²) in [5.41, 5.74) is -1.75. The van der Waals surface area contributed by atoms with E-state index in [0.717, 1.165) is 19.2 Å². The third-order valence-electron chi connectivity index (χ3n) is 3.58. The summed E-state index contributed by atoms with van der Waals surface area (Å²) in [6.45, 7) is 1.01. The number of rotatable bonds is 8. The SMILES string of the molecule is CC(OP(=O)(O)OP(=O)(O)OP(=O)(O)O)[C@H]1O[C@@H](n2ccc(=O)[nH]c2=O)[C@H](O)[C@@H]1O. The molecule has 2 rings (SSSR count). The van der Waals surface area contributed by atoms with Gasteiger partial charge in [-0.1, -0.05) is 0 Å². The number of ether oxygens (including phenoxy) is 1. The molecule has 7 atom stereocenters. The predicted molar refractivity (Wildman–Crippen MR) is 91.7 cm³/mol. The zero-order chi connectivity index (χ0) is 23.1. The maximum absolute atomic E-state index is 11.9. The third-order valence-corrected chi connectivity index (χ3v) is 7.50. The number of aliphatic hydroxyl groups is 2. The van der Waals surface area contributed by atoms with Crippen molar-refractivity contribution in [3.8, 4) is 0 Å². The van der Waals surface area contributed by atoms with Crippen molar-refractivity contribution in [2.45, 2.75) is 37.6 Å². The summed E-state index contributed by atoms with van der Waals surface area (Å²) in [4.78, 5) is 60.4. The first kappa shape index (κ1) is 25.2. The number of aliphatic hydroxyl groups excluding tert-OH is 2. The van der Waals surface area contributed by atoms with Gasteiger partial charge in [-0.2, -0.15) is 8.62 Å². The third kappa shape index (κ3) is 6.48. The van der Waals surface area contributed by atoms with E-state index in [9.17, 15) is 38.4 Å². The largest absolute Gasteiger partial charge is 0.490 e. The lowest BCUT2D eigenvalue weighted by Gasteiger charge is -2.24. The first-order valence-electron chi connectivity index (χ1n) is 7.67. The Labute approximate surface area is 165 Å². The smallest absolute Gasteiger partial charge is 0.387 e. The summed E-state index contributed by atoms with van der Waals surface area (Å²) in [5, 5.41) is 20.2. The Morgan fingerprint density at radius 3 is 2.20 bits per heavy atom. The predicted octanol–water partition coefficient (Wildman–Crippen LogP) is -2.11. The van der Waals surface area contributed by atoms with Crippen molar-refractivity contribution in [2.24, 2.45) is 0 Å². The topological polar surface area (TPSA) is 264 Å². The summed E-state index contributed by atoms with van der Waals surface area (Å²) in [5.74, 6) is 0. The number of phosphoric ester groups is 1. The average molecular weight is 498 g/mol. The molecule has 2 heterocycles. The van der Waals surface area contributed by atoms with Gasteiger partial charge in [-0.3, -0.25) is 18.9 Å². The van der Waals surface area contributed by atoms with E-state index in [-0.39, 0.29) is 0 Å². The van der Waals surface area contributed by atoms with Gasteiger partial charge in [0.25, 0.3) is 5.56 Å². The Hall–Kier alpha value is -1.03. The van der Waals surface area contributed by atoms with E-state index >= 15 is 0 Å². The van der Waals surface area contributed by atoms with E-state index in [1.54, 1.807) is 0 Å². The molecule has 3 unspecified atom stereocenters. The van der Waals surface area contributed by atoms with Crippen LogP contribution in [0.4, 0.5) is 0 Å². The van der Waals surface area contributed by atoms with Gasteiger partial charge in [0.15, 0.2) is 6.23 Å². The molecule has 0 aromatic carbocycles. The van der Waals surface area contributed by atoms with Gasteiger partial charge in [-0.05, 0) is 6.92 Å². The van der Waals surface area contributed by atoms with E-state index in [1.165, 1.54) is 0 Å². The van der Waals surface area contributed by atoms with E-state index < -0.39 is 65.4 Å². The van der Waals surface area contributed by atoms with Crippen LogP contribution in [-0.2, 0) is 31.6 Å². The van der Waals surface area contributed by atoms with Gasteiger partial charge in [0.05, 0.1) is 6.10 Å². The van der Waals surface area contributed by atoms with Crippen molar-refractivity contribution in [3.63, 3.8) is 0 Å². The molecule has 1 saturated heterocycles. The Morgan fingerprint density at radius 1 is 1.07 bits per heavy atom. The molecule has 1 aromatic rings. The highest BCUT2D eigenvalue weighted by atomic mass is 31.3. The minimum atomic E-state index is -5.76. The molecule has 1 aliphatic rings. The second-order valence-electron chi connectivity index (χ2n) is 5.89. The number of aromatic amines is 1. The minimum absolute atomic E-state index is 0.715. The number of hydrogen-bond donors (Lipinski definition) is 7. The van der Waals surface area contributed by atoms with Crippen molar-refractivity contribution in [1.82, 2.24) is 9.55 Å². The molecule has 30 heavy (non-hydrogen) atoms. The van der Waals surface area contributed by atoms with Crippen LogP contribution in [0.15, 0.2) is 21.9 Å². The Kier molecular flexibility index (Phi) is 7.44. The van der Waals surface area contributed by atoms with Crippen LogP contribution in [0.5, 0.6) is 0 Å². The molecule has 0 aliphatic carbocycles. The fourth-order valence-corrected chi connectivity index (χ4v) is 5.70. The molecular weight excluding hydrogens is 481 g/mol. The van der Waals surface area contributed by atoms with Crippen LogP contribution in [0.2, 0.25) is 0 Å². The number of nitrogens with one attached hydrogen (secondary N) is 1. The molecule has 1 aromatic heterocycles. The monoisotopic (exact) mass is 498 g/mol. The van der Waals surface area contributed by atoms with Gasteiger partial charge in [0.2, 0.25) is 0 Å². The lowest BCUT2D eigenvalue weighted by atomic mass is 10.1. The highest BCUT2D eigenvalue weighted by Gasteiger charge is 2.49. The van der Waals surface area contributed by atoms with E-state index in [4.69, 9.17) is 19.4 Å². The van der Waals surface area contributed by atoms with Crippen molar-refractivity contribution in [1.29, 1.82) is 0 Å². The number of phosphoric acid groups is 3. The van der Waals surface area contributed by atoms with Gasteiger partial charge in [0, 0.05) is 12.3 Å². The highest BCUT2D eigenvalue weighted by molar-refractivity contribution is 7.66. The summed E-state index contributed by atoms with van der Waals surface area (Å²) < 4.78 is 51.4. The Balaban J connectivity index is 2.14. The first-order chi connectivity index (χ1) is 13.5. The van der Waals surface area contributed by atoms with Gasteiger partial charge < -0.3 is 34.5 Å². The zero-order valence-corrected chi connectivity index (χ0v) is 17.4. The molecule has 0 bridgehead atoms. The van der Waals surface area contributed by atoms with Crippen LogP contribution >= 0.6 is 23.5 Å². The second kappa shape index (κ2) is 8.84. The summed E-state index contributed by atoms with van der Waals surface area (Å²) in [6, 6.07) is 0.923. The van der Waals surface area contributed by atoms with Gasteiger partial charge >= 0.3 is 29.2 Å². The van der Waals surface area contributed by atoms with E-state index in [2.05, 4.69) is 13.1 Å². The fourth-order valence-electron chi connectivity index (χ4n) is 2.50. The zero-order valence-electron chi connectivity index (χ0n) is 14.7. The normalized spacial score (nSPS) is 29.8. The average Bonchev–Trinajstić information content (AvgIpc) is 2.79. The Morgan fingerprint density at radius 2 is 1.67 bits per heavy atom. The van der Waals surface area contributed by atoms with Crippen LogP contribution < -0.4 is 11.2 Å². The van der Waals surface area contributed by atoms with Crippen LogP contribution in [0.3, 0.4) is 0 Å². The molecule has 7 N–H and O–H groups in total. The summed E-state index contributed by atoms with van der Waals surface area (Å²) in [6.07, 6.45) is -7.43. The minimum Gasteiger partial charge on any atom is -0.387 e.